The van der Waals surface area contributed by atoms with Gasteiger partial charge in [-0.2, -0.15) is 23.3 Å². The van der Waals surface area contributed by atoms with Crippen molar-refractivity contribution in [3.63, 3.8) is 0 Å². The number of esters is 1. The zero-order chi connectivity index (χ0) is 25.9. The summed E-state index contributed by atoms with van der Waals surface area (Å²) in [5, 5.41) is 5.73. The number of rotatable bonds is 6. The number of amides is 1. The molecule has 0 aliphatic rings. The lowest BCUT2D eigenvalue weighted by Gasteiger charge is -2.18. The summed E-state index contributed by atoms with van der Waals surface area (Å²) in [5.41, 5.74) is 2.65. The van der Waals surface area contributed by atoms with E-state index in [1.54, 1.807) is 48.5 Å². The number of ether oxygens (including phenoxy) is 1. The van der Waals surface area contributed by atoms with Gasteiger partial charge < -0.3 is 9.72 Å². The highest BCUT2D eigenvalue weighted by Gasteiger charge is 2.31. The third-order valence-electron chi connectivity index (χ3n) is 5.65. The first-order valence-corrected chi connectivity index (χ1v) is 11.0. The normalized spacial score (nSPS) is 11.7. The maximum atomic E-state index is 13.3. The summed E-state index contributed by atoms with van der Waals surface area (Å²) in [4.78, 5) is 28.8. The molecule has 0 aliphatic heterocycles. The summed E-state index contributed by atoms with van der Waals surface area (Å²) in [7, 11) is 0. The molecule has 0 fully saturated rings. The van der Waals surface area contributed by atoms with Crippen LogP contribution in [0.15, 0.2) is 77.9 Å². The maximum Gasteiger partial charge on any atom is 0.416 e. The van der Waals surface area contributed by atoms with E-state index < -0.39 is 30.2 Å². The van der Waals surface area contributed by atoms with Gasteiger partial charge in [0.1, 0.15) is 0 Å². The molecule has 0 bridgehead atoms. The van der Waals surface area contributed by atoms with Gasteiger partial charge in [-0.15, -0.1) is 0 Å². The molecule has 0 saturated heterocycles. The Morgan fingerprint density at radius 3 is 2.47 bits per heavy atom. The first-order valence-electron chi connectivity index (χ1n) is 11.0. The van der Waals surface area contributed by atoms with Crippen LogP contribution in [0.2, 0.25) is 0 Å². The predicted molar refractivity (Wildman–Crippen MR) is 131 cm³/mol. The van der Waals surface area contributed by atoms with Gasteiger partial charge in [0.05, 0.1) is 23.0 Å². The van der Waals surface area contributed by atoms with Gasteiger partial charge in [-0.1, -0.05) is 36.4 Å². The molecule has 0 aliphatic carbocycles. The fourth-order valence-electron chi connectivity index (χ4n) is 3.61. The van der Waals surface area contributed by atoms with Crippen LogP contribution in [0.25, 0.3) is 10.9 Å². The monoisotopic (exact) mass is 493 g/mol. The topological polar surface area (TPSA) is 74.8 Å². The summed E-state index contributed by atoms with van der Waals surface area (Å²) < 4.78 is 45.0. The second kappa shape index (κ2) is 10.1. The molecular formula is C27H22F3N3O3. The molecule has 9 heteroatoms. The minimum atomic E-state index is -4.60. The van der Waals surface area contributed by atoms with Crippen molar-refractivity contribution in [2.75, 3.05) is 11.6 Å². The summed E-state index contributed by atoms with van der Waals surface area (Å²) >= 11 is 0. The predicted octanol–water partition coefficient (Wildman–Crippen LogP) is 6.03. The van der Waals surface area contributed by atoms with Crippen molar-refractivity contribution in [1.82, 2.24) is 4.98 Å². The maximum absolute atomic E-state index is 13.3. The van der Waals surface area contributed by atoms with E-state index >= 15 is 0 Å². The molecule has 36 heavy (non-hydrogen) atoms. The van der Waals surface area contributed by atoms with Crippen molar-refractivity contribution in [1.29, 1.82) is 0 Å². The SMILES string of the molecule is Cc1[nH]c2ccc(C(=O)OCC(=O)N(/N=C/c3ccccc3)c3cccc(C(F)(F)F)c3)cc2c1C. The number of alkyl halides is 3. The van der Waals surface area contributed by atoms with E-state index in [4.69, 9.17) is 4.74 Å². The van der Waals surface area contributed by atoms with Gasteiger partial charge in [0.15, 0.2) is 6.61 Å². The lowest BCUT2D eigenvalue weighted by Crippen LogP contribution is -2.31. The Morgan fingerprint density at radius 2 is 1.75 bits per heavy atom. The molecule has 1 aromatic heterocycles. The number of halogens is 3. The van der Waals surface area contributed by atoms with Crippen molar-refractivity contribution in [2.24, 2.45) is 5.10 Å². The number of hydrogen-bond acceptors (Lipinski definition) is 4. The molecule has 3 aromatic carbocycles. The Hall–Kier alpha value is -4.40. The number of nitrogens with one attached hydrogen (secondary N) is 1. The molecule has 1 N–H and O–H groups in total. The van der Waals surface area contributed by atoms with E-state index in [0.29, 0.717) is 5.56 Å². The highest BCUT2D eigenvalue weighted by molar-refractivity contribution is 6.00. The number of carbonyl (C=O) groups excluding carboxylic acids is 2. The number of aryl methyl sites for hydroxylation is 2. The smallest absolute Gasteiger partial charge is 0.416 e. The first-order chi connectivity index (χ1) is 17.1. The molecule has 1 amide bonds. The van der Waals surface area contributed by atoms with Gasteiger partial charge in [-0.25, -0.2) is 4.79 Å². The summed E-state index contributed by atoms with van der Waals surface area (Å²) in [6.07, 6.45) is -3.27. The van der Waals surface area contributed by atoms with Crippen LogP contribution in [-0.4, -0.2) is 29.7 Å². The van der Waals surface area contributed by atoms with Crippen molar-refractivity contribution in [3.05, 3.63) is 101 Å². The Balaban J connectivity index is 1.56. The second-order valence-corrected chi connectivity index (χ2v) is 8.12. The molecule has 0 spiro atoms. The molecule has 4 rings (SSSR count). The largest absolute Gasteiger partial charge is 0.452 e. The first kappa shape index (κ1) is 24.7. The number of hydrazone groups is 1. The van der Waals surface area contributed by atoms with Gasteiger partial charge in [-0.3, -0.25) is 4.79 Å². The number of benzene rings is 3. The highest BCUT2D eigenvalue weighted by Crippen LogP contribution is 2.32. The van der Waals surface area contributed by atoms with Gasteiger partial charge in [0.2, 0.25) is 0 Å². The van der Waals surface area contributed by atoms with Gasteiger partial charge in [0.25, 0.3) is 5.91 Å². The van der Waals surface area contributed by atoms with Crippen LogP contribution in [0.3, 0.4) is 0 Å². The number of fused-ring (bicyclic) bond motifs is 1. The number of hydrogen-bond donors (Lipinski definition) is 1. The van der Waals surface area contributed by atoms with Crippen molar-refractivity contribution in [2.45, 2.75) is 20.0 Å². The third-order valence-corrected chi connectivity index (χ3v) is 5.65. The van der Waals surface area contributed by atoms with E-state index in [9.17, 15) is 22.8 Å². The Morgan fingerprint density at radius 1 is 1.00 bits per heavy atom. The van der Waals surface area contributed by atoms with Gasteiger partial charge >= 0.3 is 12.1 Å². The highest BCUT2D eigenvalue weighted by atomic mass is 19.4. The van der Waals surface area contributed by atoms with Gasteiger partial charge in [0, 0.05) is 16.6 Å². The van der Waals surface area contributed by atoms with Crippen LogP contribution in [-0.2, 0) is 15.7 Å². The van der Waals surface area contributed by atoms with Gasteiger partial charge in [-0.05, 0) is 61.4 Å². The Labute approximate surface area is 205 Å². The van der Waals surface area contributed by atoms with E-state index in [-0.39, 0.29) is 11.3 Å². The zero-order valence-corrected chi connectivity index (χ0v) is 19.5. The van der Waals surface area contributed by atoms with Crippen LogP contribution in [0.1, 0.15) is 32.7 Å². The molecule has 4 aromatic rings. The standard InChI is InChI=1S/C27H22F3N3O3/c1-17-18(2)32-24-12-11-20(13-23(17)24)26(35)36-16-25(34)33(31-15-19-7-4-3-5-8-19)22-10-6-9-21(14-22)27(28,29)30/h3-15,32H,16H2,1-2H3/b31-15+. The molecule has 1 heterocycles. The average Bonchev–Trinajstić information content (AvgIpc) is 3.15. The average molecular weight is 493 g/mol. The van der Waals surface area contributed by atoms with E-state index in [1.807, 2.05) is 13.8 Å². The summed E-state index contributed by atoms with van der Waals surface area (Å²) in [6.45, 7) is 3.12. The molecule has 6 nitrogen and oxygen atoms in total. The molecule has 0 atom stereocenters. The number of anilines is 1. The number of carbonyl (C=O) groups is 2. The van der Waals surface area contributed by atoms with Crippen LogP contribution in [0.4, 0.5) is 18.9 Å². The van der Waals surface area contributed by atoms with E-state index in [2.05, 4.69) is 10.1 Å². The fraction of sp³-hybridized carbons (Fsp3) is 0.148. The fourth-order valence-corrected chi connectivity index (χ4v) is 3.61. The molecule has 184 valence electrons. The lowest BCUT2D eigenvalue weighted by atomic mass is 10.1. The Kier molecular flexibility index (Phi) is 6.91. The van der Waals surface area contributed by atoms with Crippen molar-refractivity contribution >= 4 is 34.7 Å². The Bertz CT molecular complexity index is 1440. The minimum absolute atomic E-state index is 0.113. The van der Waals surface area contributed by atoms with Crippen LogP contribution in [0.5, 0.6) is 0 Å². The second-order valence-electron chi connectivity index (χ2n) is 8.12. The number of nitrogens with zero attached hydrogens (tertiary/aromatic N) is 2. The van der Waals surface area contributed by atoms with Crippen molar-refractivity contribution in [3.8, 4) is 0 Å². The number of aromatic amines is 1. The number of aromatic nitrogens is 1. The molecular weight excluding hydrogens is 471 g/mol. The lowest BCUT2D eigenvalue weighted by molar-refractivity contribution is -0.137. The zero-order valence-electron chi connectivity index (χ0n) is 19.5. The summed E-state index contributed by atoms with van der Waals surface area (Å²) in [6, 6.07) is 17.9. The van der Waals surface area contributed by atoms with Crippen LogP contribution in [0, 0.1) is 13.8 Å². The van der Waals surface area contributed by atoms with E-state index in [0.717, 1.165) is 39.3 Å². The summed E-state index contributed by atoms with van der Waals surface area (Å²) in [5.74, 6) is -1.55. The van der Waals surface area contributed by atoms with Crippen molar-refractivity contribution < 1.29 is 27.5 Å². The quantitative estimate of drug-likeness (QED) is 0.203. The molecule has 0 saturated carbocycles. The third kappa shape index (κ3) is 5.46. The van der Waals surface area contributed by atoms with E-state index in [1.165, 1.54) is 18.3 Å². The van der Waals surface area contributed by atoms with Crippen LogP contribution < -0.4 is 5.01 Å². The van der Waals surface area contributed by atoms with Crippen LogP contribution >= 0.6 is 0 Å². The minimum Gasteiger partial charge on any atom is -0.452 e. The molecule has 0 radical (unpaired) electrons. The molecule has 0 unspecified atom stereocenters. The number of H-pyrrole nitrogens is 1.